The summed E-state index contributed by atoms with van der Waals surface area (Å²) < 4.78 is 0. The first kappa shape index (κ1) is 14.0. The van der Waals surface area contributed by atoms with E-state index in [1.54, 1.807) is 11.8 Å². The molecule has 0 fully saturated rings. The molecule has 14 heavy (non-hydrogen) atoms. The summed E-state index contributed by atoms with van der Waals surface area (Å²) in [5, 5.41) is 5.02. The summed E-state index contributed by atoms with van der Waals surface area (Å²) in [6.45, 7) is 4.91. The van der Waals surface area contributed by atoms with Gasteiger partial charge in [0.2, 0.25) is 0 Å². The molecule has 0 aliphatic heterocycles. The van der Waals surface area contributed by atoms with Crippen molar-refractivity contribution >= 4 is 28.4 Å². The Labute approximate surface area is 96.2 Å². The second-order valence-electron chi connectivity index (χ2n) is 2.90. The Morgan fingerprint density at radius 2 is 2.14 bits per heavy atom. The number of nitrogens with zero attached hydrogens (tertiary/aromatic N) is 1. The standard InChI is InChI=1S/C10H19ClN2S/c1-5-10(14-4)13-9(8(2)11)6-7-12-3/h12H,5-7H2,1-4H3/b9-8-,13-10?. The molecule has 0 unspecified atom stereocenters. The third-order valence-electron chi connectivity index (χ3n) is 1.81. The van der Waals surface area contributed by atoms with Crippen LogP contribution in [0.4, 0.5) is 0 Å². The summed E-state index contributed by atoms with van der Waals surface area (Å²) in [5.74, 6) is 0. The van der Waals surface area contributed by atoms with Crippen LogP contribution in [0.2, 0.25) is 0 Å². The molecule has 0 saturated heterocycles. The predicted molar refractivity (Wildman–Crippen MR) is 68.3 cm³/mol. The fourth-order valence-electron chi connectivity index (χ4n) is 0.968. The van der Waals surface area contributed by atoms with Crippen molar-refractivity contribution in [1.82, 2.24) is 5.32 Å². The van der Waals surface area contributed by atoms with E-state index in [9.17, 15) is 0 Å². The van der Waals surface area contributed by atoms with Crippen molar-refractivity contribution in [2.45, 2.75) is 26.7 Å². The van der Waals surface area contributed by atoms with Crippen molar-refractivity contribution in [3.8, 4) is 0 Å². The Balaban J connectivity index is 4.52. The molecule has 0 atom stereocenters. The van der Waals surface area contributed by atoms with Gasteiger partial charge >= 0.3 is 0 Å². The van der Waals surface area contributed by atoms with Gasteiger partial charge in [-0.25, -0.2) is 4.99 Å². The number of aliphatic imine (C=N–C) groups is 1. The lowest BCUT2D eigenvalue weighted by Crippen LogP contribution is -2.08. The minimum absolute atomic E-state index is 0.792. The number of allylic oxidation sites excluding steroid dienone is 1. The van der Waals surface area contributed by atoms with E-state index in [2.05, 4.69) is 17.2 Å². The molecule has 4 heteroatoms. The largest absolute Gasteiger partial charge is 0.319 e. The van der Waals surface area contributed by atoms with Crippen LogP contribution in [0.15, 0.2) is 15.7 Å². The topological polar surface area (TPSA) is 24.4 Å². The molecule has 0 rings (SSSR count). The molecule has 2 nitrogen and oxygen atoms in total. The molecule has 82 valence electrons. The minimum atomic E-state index is 0.792. The average molecular weight is 235 g/mol. The van der Waals surface area contributed by atoms with Crippen LogP contribution in [-0.2, 0) is 0 Å². The molecule has 0 aliphatic rings. The summed E-state index contributed by atoms with van der Waals surface area (Å²) in [5.41, 5.74) is 0.993. The van der Waals surface area contributed by atoms with Crippen molar-refractivity contribution in [3.05, 3.63) is 10.7 Å². The summed E-state index contributed by atoms with van der Waals surface area (Å²) in [6.07, 6.45) is 3.89. The van der Waals surface area contributed by atoms with Crippen LogP contribution in [0.5, 0.6) is 0 Å². The smallest absolute Gasteiger partial charge is 0.0729 e. The fraction of sp³-hybridized carbons (Fsp3) is 0.700. The molecule has 0 spiro atoms. The molecule has 0 radical (unpaired) electrons. The number of thioether (sulfide) groups is 1. The quantitative estimate of drug-likeness (QED) is 0.584. The zero-order valence-corrected chi connectivity index (χ0v) is 10.9. The molecule has 0 aromatic carbocycles. The SMILES string of the molecule is CCC(=N/C(CCNC)=C(/C)Cl)SC. The molecule has 1 N–H and O–H groups in total. The van der Waals surface area contributed by atoms with Crippen molar-refractivity contribution in [1.29, 1.82) is 0 Å². The van der Waals surface area contributed by atoms with Gasteiger partial charge in [0.15, 0.2) is 0 Å². The minimum Gasteiger partial charge on any atom is -0.319 e. The summed E-state index contributed by atoms with van der Waals surface area (Å²) in [7, 11) is 1.93. The maximum Gasteiger partial charge on any atom is 0.0729 e. The van der Waals surface area contributed by atoms with Crippen molar-refractivity contribution < 1.29 is 0 Å². The Kier molecular flexibility index (Phi) is 8.34. The second kappa shape index (κ2) is 8.33. The number of hydrogen-bond donors (Lipinski definition) is 1. The van der Waals surface area contributed by atoms with Gasteiger partial charge in [0.05, 0.1) is 10.7 Å². The van der Waals surface area contributed by atoms with Crippen molar-refractivity contribution in [2.75, 3.05) is 19.8 Å². The van der Waals surface area contributed by atoms with Gasteiger partial charge in [0.25, 0.3) is 0 Å². The zero-order valence-electron chi connectivity index (χ0n) is 9.35. The lowest BCUT2D eigenvalue weighted by atomic mass is 10.3. The lowest BCUT2D eigenvalue weighted by Gasteiger charge is -2.05. The van der Waals surface area contributed by atoms with Crippen LogP contribution >= 0.6 is 23.4 Å². The molecule has 0 aliphatic carbocycles. The van der Waals surface area contributed by atoms with E-state index < -0.39 is 0 Å². The summed E-state index contributed by atoms with van der Waals surface area (Å²) in [6, 6.07) is 0. The monoisotopic (exact) mass is 234 g/mol. The third-order valence-corrected chi connectivity index (χ3v) is 2.88. The highest BCUT2D eigenvalue weighted by Gasteiger charge is 2.01. The van der Waals surface area contributed by atoms with Gasteiger partial charge in [-0.2, -0.15) is 0 Å². The highest BCUT2D eigenvalue weighted by Crippen LogP contribution is 2.16. The van der Waals surface area contributed by atoms with E-state index >= 15 is 0 Å². The fourth-order valence-corrected chi connectivity index (χ4v) is 1.60. The van der Waals surface area contributed by atoms with E-state index in [0.29, 0.717) is 0 Å². The number of rotatable bonds is 5. The Hall–Kier alpha value is 0.01000. The van der Waals surface area contributed by atoms with Gasteiger partial charge < -0.3 is 5.32 Å². The Morgan fingerprint density at radius 3 is 2.50 bits per heavy atom. The number of halogens is 1. The molecule has 0 heterocycles. The van der Waals surface area contributed by atoms with E-state index in [4.69, 9.17) is 11.6 Å². The highest BCUT2D eigenvalue weighted by atomic mass is 35.5. The second-order valence-corrected chi connectivity index (χ2v) is 4.34. The third kappa shape index (κ3) is 5.68. The van der Waals surface area contributed by atoms with Crippen molar-refractivity contribution in [2.24, 2.45) is 4.99 Å². The summed E-state index contributed by atoms with van der Waals surface area (Å²) >= 11 is 7.66. The zero-order chi connectivity index (χ0) is 11.0. The first-order chi connectivity index (χ1) is 6.65. The molecule has 0 aromatic heterocycles. The molecular weight excluding hydrogens is 216 g/mol. The van der Waals surface area contributed by atoms with E-state index in [1.807, 2.05) is 20.2 Å². The van der Waals surface area contributed by atoms with E-state index in [1.165, 1.54) is 0 Å². The Bertz CT molecular complexity index is 214. The molecule has 0 saturated carbocycles. The first-order valence-electron chi connectivity index (χ1n) is 4.77. The van der Waals surface area contributed by atoms with Crippen LogP contribution < -0.4 is 5.32 Å². The Morgan fingerprint density at radius 1 is 1.50 bits per heavy atom. The first-order valence-corrected chi connectivity index (χ1v) is 6.37. The average Bonchev–Trinajstić information content (AvgIpc) is 2.18. The maximum atomic E-state index is 5.97. The van der Waals surface area contributed by atoms with Gasteiger partial charge in [-0.1, -0.05) is 18.5 Å². The van der Waals surface area contributed by atoms with Gasteiger partial charge in [-0.15, -0.1) is 11.8 Å². The van der Waals surface area contributed by atoms with Gasteiger partial charge in [0.1, 0.15) is 0 Å². The van der Waals surface area contributed by atoms with Crippen LogP contribution in [0.1, 0.15) is 26.7 Å². The van der Waals surface area contributed by atoms with Gasteiger partial charge in [-0.3, -0.25) is 0 Å². The van der Waals surface area contributed by atoms with Crippen LogP contribution in [0.25, 0.3) is 0 Å². The van der Waals surface area contributed by atoms with Crippen LogP contribution in [-0.4, -0.2) is 24.9 Å². The number of hydrogen-bond acceptors (Lipinski definition) is 3. The highest BCUT2D eigenvalue weighted by molar-refractivity contribution is 8.13. The van der Waals surface area contributed by atoms with Crippen molar-refractivity contribution in [3.63, 3.8) is 0 Å². The molecule has 0 amide bonds. The normalized spacial score (nSPS) is 14.2. The van der Waals surface area contributed by atoms with Crippen LogP contribution in [0, 0.1) is 0 Å². The predicted octanol–water partition coefficient (Wildman–Crippen LogP) is 3.24. The van der Waals surface area contributed by atoms with E-state index in [-0.39, 0.29) is 0 Å². The summed E-state index contributed by atoms with van der Waals surface area (Å²) in [4.78, 5) is 4.54. The lowest BCUT2D eigenvalue weighted by molar-refractivity contribution is 0.778. The number of nitrogens with one attached hydrogen (secondary N) is 1. The molecule has 0 aromatic rings. The molecular formula is C10H19ClN2S. The molecule has 0 bridgehead atoms. The maximum absolute atomic E-state index is 5.97. The van der Waals surface area contributed by atoms with Crippen LogP contribution in [0.3, 0.4) is 0 Å². The van der Waals surface area contributed by atoms with Gasteiger partial charge in [-0.05, 0) is 26.6 Å². The van der Waals surface area contributed by atoms with Gasteiger partial charge in [0, 0.05) is 18.0 Å². The van der Waals surface area contributed by atoms with E-state index in [0.717, 1.165) is 35.2 Å².